The van der Waals surface area contributed by atoms with E-state index in [-0.39, 0.29) is 35.6 Å². The number of carbonyl (C=O) groups excluding carboxylic acids is 2. The van der Waals surface area contributed by atoms with Gasteiger partial charge in [-0.3, -0.25) is 9.59 Å². The zero-order valence-electron chi connectivity index (χ0n) is 12.6. The largest absolute Gasteiger partial charge is 0.480 e. The number of nitrogens with one attached hydrogen (secondary N) is 3. The minimum atomic E-state index is -1.08. The van der Waals surface area contributed by atoms with Crippen LogP contribution in [0.25, 0.3) is 0 Å². The van der Waals surface area contributed by atoms with Gasteiger partial charge in [-0.15, -0.1) is 0 Å². The average molecular weight is 309 g/mol. The van der Waals surface area contributed by atoms with Gasteiger partial charge in [-0.05, 0) is 37.5 Å². The lowest BCUT2D eigenvalue weighted by Crippen LogP contribution is -2.49. The summed E-state index contributed by atoms with van der Waals surface area (Å²) in [5.41, 5.74) is 0.256. The van der Waals surface area contributed by atoms with E-state index in [0.717, 1.165) is 25.8 Å². The average Bonchev–Trinajstić information content (AvgIpc) is 3.04. The SMILES string of the molecule is O=C1NCC[C@H]1C[C@H](NC(=O)[C@@H]1CC2(CCC2)CN1)C(=O)O. The molecule has 4 N–H and O–H groups in total. The van der Waals surface area contributed by atoms with Gasteiger partial charge in [-0.25, -0.2) is 4.79 Å². The zero-order valence-corrected chi connectivity index (χ0v) is 12.6. The van der Waals surface area contributed by atoms with E-state index in [1.54, 1.807) is 0 Å². The summed E-state index contributed by atoms with van der Waals surface area (Å²) < 4.78 is 0. The predicted molar refractivity (Wildman–Crippen MR) is 78.0 cm³/mol. The van der Waals surface area contributed by atoms with E-state index < -0.39 is 12.0 Å². The lowest BCUT2D eigenvalue weighted by Gasteiger charge is -2.37. The summed E-state index contributed by atoms with van der Waals surface area (Å²) in [5.74, 6) is -1.78. The standard InChI is InChI=1S/C15H23N3O4/c19-12-9(2-5-16-12)6-10(14(21)22)18-13(20)11-7-15(8-17-11)3-1-4-15/h9-11,17H,1-8H2,(H,16,19)(H,18,20)(H,21,22)/t9-,10-,11-/m0/s1. The van der Waals surface area contributed by atoms with Crippen molar-refractivity contribution in [2.45, 2.75) is 50.6 Å². The summed E-state index contributed by atoms with van der Waals surface area (Å²) >= 11 is 0. The second-order valence-electron chi connectivity index (χ2n) is 6.90. The fourth-order valence-electron chi connectivity index (χ4n) is 3.81. The first-order chi connectivity index (χ1) is 10.5. The maximum atomic E-state index is 12.3. The molecule has 2 amide bonds. The molecule has 0 unspecified atom stereocenters. The lowest BCUT2D eigenvalue weighted by molar-refractivity contribution is -0.142. The van der Waals surface area contributed by atoms with E-state index in [0.29, 0.717) is 13.0 Å². The van der Waals surface area contributed by atoms with Crippen LogP contribution < -0.4 is 16.0 Å². The number of carboxylic acid groups (broad SMARTS) is 1. The number of hydrogen-bond donors (Lipinski definition) is 4. The third kappa shape index (κ3) is 2.95. The van der Waals surface area contributed by atoms with Crippen molar-refractivity contribution in [1.29, 1.82) is 0 Å². The van der Waals surface area contributed by atoms with Crippen molar-refractivity contribution in [1.82, 2.24) is 16.0 Å². The van der Waals surface area contributed by atoms with Crippen LogP contribution >= 0.6 is 0 Å². The summed E-state index contributed by atoms with van der Waals surface area (Å²) in [7, 11) is 0. The van der Waals surface area contributed by atoms with Crippen LogP contribution in [0.1, 0.15) is 38.5 Å². The van der Waals surface area contributed by atoms with Crippen LogP contribution in [0.2, 0.25) is 0 Å². The molecule has 0 aromatic carbocycles. The first kappa shape index (κ1) is 15.3. The molecule has 2 saturated heterocycles. The molecule has 0 bridgehead atoms. The molecule has 1 aliphatic carbocycles. The number of hydrogen-bond acceptors (Lipinski definition) is 4. The molecule has 3 atom stereocenters. The molecule has 7 nitrogen and oxygen atoms in total. The van der Waals surface area contributed by atoms with Gasteiger partial charge < -0.3 is 21.1 Å². The second kappa shape index (κ2) is 5.87. The van der Waals surface area contributed by atoms with E-state index >= 15 is 0 Å². The molecule has 2 aliphatic heterocycles. The number of carboxylic acids is 1. The Morgan fingerprint density at radius 2 is 2.18 bits per heavy atom. The monoisotopic (exact) mass is 309 g/mol. The molecular weight excluding hydrogens is 286 g/mol. The minimum absolute atomic E-state index is 0.118. The van der Waals surface area contributed by atoms with Crippen molar-refractivity contribution < 1.29 is 19.5 Å². The van der Waals surface area contributed by atoms with Crippen molar-refractivity contribution in [3.05, 3.63) is 0 Å². The smallest absolute Gasteiger partial charge is 0.326 e. The third-order valence-electron chi connectivity index (χ3n) is 5.39. The van der Waals surface area contributed by atoms with Gasteiger partial charge in [0.25, 0.3) is 0 Å². The Hall–Kier alpha value is -1.63. The minimum Gasteiger partial charge on any atom is -0.480 e. The molecule has 0 aromatic heterocycles. The predicted octanol–water partition coefficient (Wildman–Crippen LogP) is -0.386. The van der Waals surface area contributed by atoms with Gasteiger partial charge in [0.1, 0.15) is 6.04 Å². The fraction of sp³-hybridized carbons (Fsp3) is 0.800. The molecule has 0 aromatic rings. The van der Waals surface area contributed by atoms with Crippen molar-refractivity contribution in [2.75, 3.05) is 13.1 Å². The van der Waals surface area contributed by atoms with Crippen molar-refractivity contribution >= 4 is 17.8 Å². The molecule has 2 heterocycles. The molecule has 3 aliphatic rings. The molecule has 3 fully saturated rings. The Labute approximate surface area is 129 Å². The van der Waals surface area contributed by atoms with Crippen molar-refractivity contribution in [2.24, 2.45) is 11.3 Å². The highest BCUT2D eigenvalue weighted by Gasteiger charge is 2.46. The van der Waals surface area contributed by atoms with Gasteiger partial charge in [-0.2, -0.15) is 0 Å². The molecule has 122 valence electrons. The van der Waals surface area contributed by atoms with Crippen molar-refractivity contribution in [3.63, 3.8) is 0 Å². The highest BCUT2D eigenvalue weighted by Crippen LogP contribution is 2.47. The Morgan fingerprint density at radius 3 is 2.68 bits per heavy atom. The van der Waals surface area contributed by atoms with Gasteiger partial charge in [-0.1, -0.05) is 6.42 Å². The molecule has 1 spiro atoms. The number of amides is 2. The Bertz CT molecular complexity index is 489. The summed E-state index contributed by atoms with van der Waals surface area (Å²) in [4.78, 5) is 35.3. The highest BCUT2D eigenvalue weighted by molar-refractivity contribution is 5.88. The normalized spacial score (nSPS) is 30.6. The second-order valence-corrected chi connectivity index (χ2v) is 6.90. The van der Waals surface area contributed by atoms with Crippen LogP contribution in [-0.4, -0.2) is 48.1 Å². The Morgan fingerprint density at radius 1 is 1.41 bits per heavy atom. The topological polar surface area (TPSA) is 108 Å². The molecule has 0 radical (unpaired) electrons. The van der Waals surface area contributed by atoms with Crippen LogP contribution in [0.15, 0.2) is 0 Å². The molecular formula is C15H23N3O4. The molecule has 7 heteroatoms. The van der Waals surface area contributed by atoms with Crippen LogP contribution in [0.5, 0.6) is 0 Å². The first-order valence-electron chi connectivity index (χ1n) is 8.03. The zero-order chi connectivity index (χ0) is 15.7. The van der Waals surface area contributed by atoms with Crippen molar-refractivity contribution in [3.8, 4) is 0 Å². The van der Waals surface area contributed by atoms with Crippen LogP contribution in [0, 0.1) is 11.3 Å². The van der Waals surface area contributed by atoms with E-state index in [1.165, 1.54) is 6.42 Å². The van der Waals surface area contributed by atoms with Gasteiger partial charge in [0.15, 0.2) is 0 Å². The third-order valence-corrected chi connectivity index (χ3v) is 5.39. The first-order valence-corrected chi connectivity index (χ1v) is 8.03. The number of carbonyl (C=O) groups is 3. The quantitative estimate of drug-likeness (QED) is 0.553. The number of rotatable bonds is 5. The Kier molecular flexibility index (Phi) is 4.08. The van der Waals surface area contributed by atoms with E-state index in [9.17, 15) is 19.5 Å². The number of aliphatic carboxylic acids is 1. The maximum absolute atomic E-state index is 12.3. The van der Waals surface area contributed by atoms with Gasteiger partial charge in [0, 0.05) is 19.0 Å². The van der Waals surface area contributed by atoms with E-state index in [4.69, 9.17) is 0 Å². The van der Waals surface area contributed by atoms with Gasteiger partial charge in [0.05, 0.1) is 6.04 Å². The molecule has 1 saturated carbocycles. The highest BCUT2D eigenvalue weighted by atomic mass is 16.4. The van der Waals surface area contributed by atoms with E-state index in [1.807, 2.05) is 0 Å². The fourth-order valence-corrected chi connectivity index (χ4v) is 3.81. The summed E-state index contributed by atoms with van der Waals surface area (Å²) in [6.45, 7) is 1.42. The molecule has 3 rings (SSSR count). The summed E-state index contributed by atoms with van der Waals surface area (Å²) in [5, 5.41) is 17.8. The molecule has 22 heavy (non-hydrogen) atoms. The van der Waals surface area contributed by atoms with Crippen LogP contribution in [-0.2, 0) is 14.4 Å². The van der Waals surface area contributed by atoms with Crippen LogP contribution in [0.3, 0.4) is 0 Å². The van der Waals surface area contributed by atoms with E-state index in [2.05, 4.69) is 16.0 Å². The maximum Gasteiger partial charge on any atom is 0.326 e. The Balaban J connectivity index is 1.55. The summed E-state index contributed by atoms with van der Waals surface area (Å²) in [6.07, 6.45) is 5.08. The van der Waals surface area contributed by atoms with Gasteiger partial charge in [0.2, 0.25) is 11.8 Å². The van der Waals surface area contributed by atoms with Gasteiger partial charge >= 0.3 is 5.97 Å². The van der Waals surface area contributed by atoms with Crippen LogP contribution in [0.4, 0.5) is 0 Å². The summed E-state index contributed by atoms with van der Waals surface area (Å²) in [6, 6.07) is -1.30. The lowest BCUT2D eigenvalue weighted by atomic mass is 9.67.